The quantitative estimate of drug-likeness (QED) is 0.632. The van der Waals surface area contributed by atoms with Crippen LogP contribution in [-0.4, -0.2) is 30.2 Å². The third-order valence-corrected chi connectivity index (χ3v) is 4.07. The molecule has 0 radical (unpaired) electrons. The highest BCUT2D eigenvalue weighted by atomic mass is 19.1. The van der Waals surface area contributed by atoms with Crippen LogP contribution in [0.2, 0.25) is 0 Å². The topological polar surface area (TPSA) is 37.4 Å². The van der Waals surface area contributed by atoms with Crippen LogP contribution < -0.4 is 0 Å². The monoisotopic (exact) mass is 291 g/mol. The Bertz CT molecular complexity index is 542. The fourth-order valence-corrected chi connectivity index (χ4v) is 2.83. The van der Waals surface area contributed by atoms with Crippen molar-refractivity contribution in [3.05, 3.63) is 35.1 Å². The number of amides is 1. The minimum atomic E-state index is -0.427. The number of carbonyl (C=O) groups excluding carboxylic acids is 2. The Kier molecular flexibility index (Phi) is 4.45. The first-order chi connectivity index (χ1) is 9.81. The van der Waals surface area contributed by atoms with Gasteiger partial charge >= 0.3 is 0 Å². The lowest BCUT2D eigenvalue weighted by Crippen LogP contribution is -2.50. The van der Waals surface area contributed by atoms with Gasteiger partial charge in [-0.15, -0.1) is 0 Å². The van der Waals surface area contributed by atoms with E-state index in [4.69, 9.17) is 0 Å². The lowest BCUT2D eigenvalue weighted by molar-refractivity contribution is -0.143. The molecule has 1 aliphatic heterocycles. The Balaban J connectivity index is 1.96. The minimum Gasteiger partial charge on any atom is -0.336 e. The summed E-state index contributed by atoms with van der Waals surface area (Å²) in [5.74, 6) is -0.190. The molecule has 4 heteroatoms. The summed E-state index contributed by atoms with van der Waals surface area (Å²) in [4.78, 5) is 23.1. The summed E-state index contributed by atoms with van der Waals surface area (Å²) in [5.41, 5.74) is 2.13. The highest BCUT2D eigenvalue weighted by Gasteiger charge is 2.30. The van der Waals surface area contributed by atoms with Crippen molar-refractivity contribution in [3.63, 3.8) is 0 Å². The van der Waals surface area contributed by atoms with Crippen LogP contribution in [0.15, 0.2) is 18.2 Å². The highest BCUT2D eigenvalue weighted by Crippen LogP contribution is 2.29. The van der Waals surface area contributed by atoms with Gasteiger partial charge in [0.25, 0.3) is 5.91 Å². The zero-order valence-electron chi connectivity index (χ0n) is 12.9. The average molecular weight is 291 g/mol. The molecule has 2 rings (SSSR count). The molecule has 0 N–H and O–H groups in total. The molecule has 1 aliphatic rings. The lowest BCUT2D eigenvalue weighted by atomic mass is 9.81. The standard InChI is InChI=1S/C17H22FNO2/c1-17(2,3)15-8-14(18)7-6-13(15)5-4-12-9-19(10-12)16(21)11-20/h6-8,11-12H,4-5,9-10H2,1-3H3. The Morgan fingerprint density at radius 1 is 1.38 bits per heavy atom. The summed E-state index contributed by atoms with van der Waals surface area (Å²) in [6.07, 6.45) is 2.20. The van der Waals surface area contributed by atoms with Crippen molar-refractivity contribution in [1.29, 1.82) is 0 Å². The van der Waals surface area contributed by atoms with Gasteiger partial charge < -0.3 is 4.90 Å². The first kappa shape index (κ1) is 15.7. The summed E-state index contributed by atoms with van der Waals surface area (Å²) in [5, 5.41) is 0. The molecule has 0 atom stereocenters. The van der Waals surface area contributed by atoms with Crippen molar-refractivity contribution in [3.8, 4) is 0 Å². The molecule has 0 bridgehead atoms. The summed E-state index contributed by atoms with van der Waals surface area (Å²) in [6, 6.07) is 4.99. The fraction of sp³-hybridized carbons (Fsp3) is 0.529. The minimum absolute atomic E-state index is 0.0867. The van der Waals surface area contributed by atoms with Crippen molar-refractivity contribution >= 4 is 12.2 Å². The van der Waals surface area contributed by atoms with E-state index in [9.17, 15) is 14.0 Å². The van der Waals surface area contributed by atoms with Crippen LogP contribution in [0.3, 0.4) is 0 Å². The van der Waals surface area contributed by atoms with Gasteiger partial charge in [-0.05, 0) is 47.4 Å². The highest BCUT2D eigenvalue weighted by molar-refractivity contribution is 6.23. The number of benzene rings is 1. The van der Waals surface area contributed by atoms with Gasteiger partial charge in [0.1, 0.15) is 5.82 Å². The maximum Gasteiger partial charge on any atom is 0.286 e. The van der Waals surface area contributed by atoms with Crippen LogP contribution in [0.4, 0.5) is 4.39 Å². The van der Waals surface area contributed by atoms with Crippen LogP contribution in [0.25, 0.3) is 0 Å². The maximum absolute atomic E-state index is 13.5. The SMILES string of the molecule is CC(C)(C)c1cc(F)ccc1CCC1CN(C(=O)C=O)C1. The predicted molar refractivity (Wildman–Crippen MR) is 79.6 cm³/mol. The van der Waals surface area contributed by atoms with Crippen molar-refractivity contribution < 1.29 is 14.0 Å². The number of likely N-dealkylation sites (tertiary alicyclic amines) is 1. The summed E-state index contributed by atoms with van der Waals surface area (Å²) < 4.78 is 13.5. The van der Waals surface area contributed by atoms with Gasteiger partial charge in [-0.2, -0.15) is 0 Å². The van der Waals surface area contributed by atoms with E-state index in [2.05, 4.69) is 20.8 Å². The number of aldehydes is 1. The lowest BCUT2D eigenvalue weighted by Gasteiger charge is -2.38. The van der Waals surface area contributed by atoms with E-state index in [1.54, 1.807) is 11.0 Å². The molecule has 0 aromatic heterocycles. The Morgan fingerprint density at radius 2 is 2.05 bits per heavy atom. The summed E-state index contributed by atoms with van der Waals surface area (Å²) in [7, 11) is 0. The van der Waals surface area contributed by atoms with E-state index in [0.717, 1.165) is 18.4 Å². The van der Waals surface area contributed by atoms with Gasteiger partial charge in [0.15, 0.2) is 0 Å². The van der Waals surface area contributed by atoms with Gasteiger partial charge in [-0.1, -0.05) is 26.8 Å². The number of hydrogen-bond acceptors (Lipinski definition) is 2. The number of rotatable bonds is 4. The number of nitrogens with zero attached hydrogens (tertiary/aromatic N) is 1. The van der Waals surface area contributed by atoms with Crippen LogP contribution >= 0.6 is 0 Å². The van der Waals surface area contributed by atoms with Gasteiger partial charge in [0.05, 0.1) is 0 Å². The third-order valence-electron chi connectivity index (χ3n) is 4.07. The van der Waals surface area contributed by atoms with Crippen LogP contribution in [0, 0.1) is 11.7 Å². The Morgan fingerprint density at radius 3 is 2.62 bits per heavy atom. The van der Waals surface area contributed by atoms with E-state index in [0.29, 0.717) is 25.3 Å². The molecule has 1 aromatic rings. The molecule has 0 unspecified atom stereocenters. The smallest absolute Gasteiger partial charge is 0.286 e. The van der Waals surface area contributed by atoms with Gasteiger partial charge in [-0.25, -0.2) is 4.39 Å². The molecule has 1 fully saturated rings. The molecule has 114 valence electrons. The molecule has 1 aromatic carbocycles. The second-order valence-corrected chi connectivity index (χ2v) is 6.82. The van der Waals surface area contributed by atoms with E-state index in [-0.39, 0.29) is 11.2 Å². The largest absolute Gasteiger partial charge is 0.336 e. The van der Waals surface area contributed by atoms with E-state index in [1.165, 1.54) is 11.6 Å². The van der Waals surface area contributed by atoms with Crippen molar-refractivity contribution in [2.75, 3.05) is 13.1 Å². The molecule has 0 spiro atoms. The zero-order valence-corrected chi connectivity index (χ0v) is 12.9. The molecule has 1 amide bonds. The van der Waals surface area contributed by atoms with E-state index < -0.39 is 5.91 Å². The van der Waals surface area contributed by atoms with Crippen LogP contribution in [0.1, 0.15) is 38.3 Å². The van der Waals surface area contributed by atoms with E-state index >= 15 is 0 Å². The maximum atomic E-state index is 13.5. The molecule has 3 nitrogen and oxygen atoms in total. The Labute approximate surface area is 125 Å². The number of carbonyl (C=O) groups is 2. The summed E-state index contributed by atoms with van der Waals surface area (Å²) >= 11 is 0. The van der Waals surface area contributed by atoms with Crippen molar-refractivity contribution in [2.24, 2.45) is 5.92 Å². The number of halogens is 1. The van der Waals surface area contributed by atoms with E-state index in [1.807, 2.05) is 6.07 Å². The molecule has 0 aliphatic carbocycles. The second-order valence-electron chi connectivity index (χ2n) is 6.82. The molecule has 1 saturated heterocycles. The van der Waals surface area contributed by atoms with Gasteiger partial charge in [-0.3, -0.25) is 9.59 Å². The van der Waals surface area contributed by atoms with Gasteiger partial charge in [0.2, 0.25) is 6.29 Å². The third kappa shape index (κ3) is 3.69. The molecule has 21 heavy (non-hydrogen) atoms. The van der Waals surface area contributed by atoms with Crippen LogP contribution in [0.5, 0.6) is 0 Å². The molecule has 1 heterocycles. The number of hydrogen-bond donors (Lipinski definition) is 0. The first-order valence-electron chi connectivity index (χ1n) is 7.34. The fourth-order valence-electron chi connectivity index (χ4n) is 2.83. The normalized spacial score (nSPS) is 15.7. The molecule has 0 saturated carbocycles. The average Bonchev–Trinajstić information content (AvgIpc) is 2.36. The van der Waals surface area contributed by atoms with Crippen molar-refractivity contribution in [2.45, 2.75) is 39.0 Å². The zero-order chi connectivity index (χ0) is 15.6. The van der Waals surface area contributed by atoms with Crippen molar-refractivity contribution in [1.82, 2.24) is 4.90 Å². The predicted octanol–water partition coefficient (Wildman–Crippen LogP) is 2.71. The Hall–Kier alpha value is -1.71. The summed E-state index contributed by atoms with van der Waals surface area (Å²) in [6.45, 7) is 7.56. The first-order valence-corrected chi connectivity index (χ1v) is 7.34. The molecular formula is C17H22FNO2. The number of aryl methyl sites for hydroxylation is 1. The van der Waals surface area contributed by atoms with Crippen LogP contribution in [-0.2, 0) is 21.4 Å². The second kappa shape index (κ2) is 5.96. The molecular weight excluding hydrogens is 269 g/mol. The van der Waals surface area contributed by atoms with Gasteiger partial charge in [0, 0.05) is 13.1 Å².